The summed E-state index contributed by atoms with van der Waals surface area (Å²) < 4.78 is 0. The number of rotatable bonds is 4. The molecule has 0 unspecified atom stereocenters. The highest BCUT2D eigenvalue weighted by molar-refractivity contribution is 6.28. The molecular formula is C6H11Cl2NO. The van der Waals surface area contributed by atoms with Crippen LogP contribution in [-0.4, -0.2) is 29.2 Å². The summed E-state index contributed by atoms with van der Waals surface area (Å²) in [4.78, 5) is 12.4. The molecule has 0 aliphatic heterocycles. The predicted molar refractivity (Wildman–Crippen MR) is 43.4 cm³/mol. The minimum Gasteiger partial charge on any atom is -0.328 e. The van der Waals surface area contributed by atoms with Gasteiger partial charge in [0.2, 0.25) is 5.91 Å². The quantitative estimate of drug-likeness (QED) is 0.480. The highest BCUT2D eigenvalue weighted by atomic mass is 35.5. The first kappa shape index (κ1) is 10.0. The summed E-state index contributed by atoms with van der Waals surface area (Å²) in [6.45, 7) is 2.68. The Bertz CT molecular complexity index is 108. The molecule has 0 fully saturated rings. The van der Waals surface area contributed by atoms with Crippen LogP contribution < -0.4 is 0 Å². The Morgan fingerprint density at radius 3 is 2.40 bits per heavy atom. The Labute approximate surface area is 71.1 Å². The van der Waals surface area contributed by atoms with E-state index < -0.39 is 0 Å². The zero-order valence-corrected chi connectivity index (χ0v) is 7.45. The largest absolute Gasteiger partial charge is 0.328 e. The van der Waals surface area contributed by atoms with Gasteiger partial charge in [0.15, 0.2) is 0 Å². The van der Waals surface area contributed by atoms with Crippen LogP contribution in [0.2, 0.25) is 0 Å². The molecule has 0 aliphatic carbocycles. The molecule has 0 saturated heterocycles. The van der Waals surface area contributed by atoms with Crippen molar-refractivity contribution in [2.24, 2.45) is 0 Å². The maximum absolute atomic E-state index is 10.8. The smallest absolute Gasteiger partial charge is 0.238 e. The molecule has 60 valence electrons. The maximum atomic E-state index is 10.8. The highest BCUT2D eigenvalue weighted by Gasteiger charge is 2.08. The van der Waals surface area contributed by atoms with Gasteiger partial charge in [0.1, 0.15) is 5.88 Å². The summed E-state index contributed by atoms with van der Waals surface area (Å²) in [7, 11) is 0. The van der Waals surface area contributed by atoms with Crippen LogP contribution in [0, 0.1) is 0 Å². The summed E-state index contributed by atoms with van der Waals surface area (Å²) in [5, 5.41) is 0. The van der Waals surface area contributed by atoms with E-state index in [4.69, 9.17) is 23.2 Å². The summed E-state index contributed by atoms with van der Waals surface area (Å²) in [5.41, 5.74) is 0. The van der Waals surface area contributed by atoms with Gasteiger partial charge in [-0.1, -0.05) is 6.92 Å². The number of hydrogen-bond donors (Lipinski definition) is 0. The lowest BCUT2D eigenvalue weighted by atomic mass is 10.4. The van der Waals surface area contributed by atoms with E-state index in [1.165, 1.54) is 4.90 Å². The van der Waals surface area contributed by atoms with Crippen LogP contribution in [0.25, 0.3) is 0 Å². The van der Waals surface area contributed by atoms with Crippen LogP contribution in [0.1, 0.15) is 13.3 Å². The van der Waals surface area contributed by atoms with E-state index in [2.05, 4.69) is 0 Å². The highest BCUT2D eigenvalue weighted by Crippen LogP contribution is 1.96. The third kappa shape index (κ3) is 3.28. The van der Waals surface area contributed by atoms with Gasteiger partial charge >= 0.3 is 0 Å². The van der Waals surface area contributed by atoms with E-state index in [9.17, 15) is 4.79 Å². The SMILES string of the molecule is CCCN(CCl)C(=O)CCl. The Morgan fingerprint density at radius 1 is 1.50 bits per heavy atom. The summed E-state index contributed by atoms with van der Waals surface area (Å²) in [5.74, 6) is -0.0780. The van der Waals surface area contributed by atoms with E-state index in [0.29, 0.717) is 6.54 Å². The van der Waals surface area contributed by atoms with Crippen LogP contribution in [0.15, 0.2) is 0 Å². The molecule has 2 nitrogen and oxygen atoms in total. The predicted octanol–water partition coefficient (Wildman–Crippen LogP) is 1.66. The molecule has 0 saturated carbocycles. The van der Waals surface area contributed by atoms with Gasteiger partial charge in [-0.05, 0) is 6.42 Å². The molecule has 10 heavy (non-hydrogen) atoms. The Balaban J connectivity index is 3.68. The fourth-order valence-corrected chi connectivity index (χ4v) is 1.03. The van der Waals surface area contributed by atoms with Gasteiger partial charge in [-0.25, -0.2) is 0 Å². The second kappa shape index (κ2) is 5.81. The number of alkyl halides is 2. The van der Waals surface area contributed by atoms with Gasteiger partial charge in [-0.3, -0.25) is 4.79 Å². The lowest BCUT2D eigenvalue weighted by Crippen LogP contribution is -2.31. The molecule has 0 bridgehead atoms. The van der Waals surface area contributed by atoms with Crippen molar-refractivity contribution in [3.8, 4) is 0 Å². The third-order valence-electron chi connectivity index (χ3n) is 1.10. The normalized spacial score (nSPS) is 9.50. The second-order valence-corrected chi connectivity index (χ2v) is 2.42. The fourth-order valence-electron chi connectivity index (χ4n) is 0.606. The molecule has 0 aromatic heterocycles. The van der Waals surface area contributed by atoms with Crippen molar-refractivity contribution in [1.29, 1.82) is 0 Å². The number of carbonyl (C=O) groups excluding carboxylic acids is 1. The van der Waals surface area contributed by atoms with E-state index >= 15 is 0 Å². The van der Waals surface area contributed by atoms with Crippen LogP contribution in [0.4, 0.5) is 0 Å². The standard InChI is InChI=1S/C6H11Cl2NO/c1-2-3-9(5-8)6(10)4-7/h2-5H2,1H3. The van der Waals surface area contributed by atoms with Gasteiger partial charge in [-0.15, -0.1) is 23.2 Å². The molecule has 0 aliphatic rings. The molecule has 1 amide bonds. The first-order valence-corrected chi connectivity index (χ1v) is 4.22. The van der Waals surface area contributed by atoms with Crippen LogP contribution in [0.5, 0.6) is 0 Å². The van der Waals surface area contributed by atoms with Crippen molar-refractivity contribution >= 4 is 29.1 Å². The molecule has 0 spiro atoms. The average Bonchev–Trinajstić information content (AvgIpc) is 1.99. The number of amides is 1. The van der Waals surface area contributed by atoms with E-state index in [-0.39, 0.29) is 17.8 Å². The molecular weight excluding hydrogens is 173 g/mol. The summed E-state index contributed by atoms with van der Waals surface area (Å²) in [6.07, 6.45) is 0.912. The van der Waals surface area contributed by atoms with E-state index in [1.54, 1.807) is 0 Å². The monoisotopic (exact) mass is 183 g/mol. The molecule has 0 N–H and O–H groups in total. The molecule has 0 aromatic rings. The number of hydrogen-bond acceptors (Lipinski definition) is 1. The Hall–Kier alpha value is 0.0500. The zero-order valence-electron chi connectivity index (χ0n) is 5.94. The van der Waals surface area contributed by atoms with E-state index in [0.717, 1.165) is 6.42 Å². The molecule has 0 atom stereocenters. The minimum absolute atomic E-state index is 0.0206. The zero-order chi connectivity index (χ0) is 7.98. The van der Waals surface area contributed by atoms with Crippen molar-refractivity contribution in [2.75, 3.05) is 18.4 Å². The number of nitrogens with zero attached hydrogens (tertiary/aromatic N) is 1. The van der Waals surface area contributed by atoms with Crippen LogP contribution >= 0.6 is 23.2 Å². The number of halogens is 2. The van der Waals surface area contributed by atoms with Crippen molar-refractivity contribution in [3.63, 3.8) is 0 Å². The Kier molecular flexibility index (Phi) is 5.84. The van der Waals surface area contributed by atoms with Crippen molar-refractivity contribution in [1.82, 2.24) is 4.90 Å². The van der Waals surface area contributed by atoms with Crippen molar-refractivity contribution in [3.05, 3.63) is 0 Å². The molecule has 4 heteroatoms. The van der Waals surface area contributed by atoms with Crippen LogP contribution in [0.3, 0.4) is 0 Å². The molecule has 0 radical (unpaired) electrons. The third-order valence-corrected chi connectivity index (χ3v) is 1.62. The number of carbonyl (C=O) groups is 1. The first-order valence-electron chi connectivity index (χ1n) is 3.16. The van der Waals surface area contributed by atoms with E-state index in [1.807, 2.05) is 6.92 Å². The Morgan fingerprint density at radius 2 is 2.10 bits per heavy atom. The lowest BCUT2D eigenvalue weighted by molar-refractivity contribution is -0.127. The van der Waals surface area contributed by atoms with Gasteiger partial charge in [0.25, 0.3) is 0 Å². The van der Waals surface area contributed by atoms with Crippen molar-refractivity contribution < 1.29 is 4.79 Å². The van der Waals surface area contributed by atoms with Crippen molar-refractivity contribution in [2.45, 2.75) is 13.3 Å². The summed E-state index contributed by atoms with van der Waals surface area (Å²) in [6, 6.07) is 0.236. The van der Waals surface area contributed by atoms with Gasteiger partial charge in [0.05, 0.1) is 6.00 Å². The van der Waals surface area contributed by atoms with Gasteiger partial charge in [-0.2, -0.15) is 0 Å². The second-order valence-electron chi connectivity index (χ2n) is 1.91. The van der Waals surface area contributed by atoms with Gasteiger partial charge < -0.3 is 4.90 Å². The average molecular weight is 184 g/mol. The van der Waals surface area contributed by atoms with Gasteiger partial charge in [0, 0.05) is 6.54 Å². The first-order chi connectivity index (χ1) is 4.76. The molecule has 0 rings (SSSR count). The lowest BCUT2D eigenvalue weighted by Gasteiger charge is -2.16. The minimum atomic E-state index is -0.0986. The van der Waals surface area contributed by atoms with Crippen LogP contribution in [-0.2, 0) is 4.79 Å². The molecule has 0 heterocycles. The fraction of sp³-hybridized carbons (Fsp3) is 0.833. The topological polar surface area (TPSA) is 20.3 Å². The maximum Gasteiger partial charge on any atom is 0.238 e. The summed E-state index contributed by atoms with van der Waals surface area (Å²) >= 11 is 10.8. The molecule has 0 aromatic carbocycles.